The summed E-state index contributed by atoms with van der Waals surface area (Å²) in [6, 6.07) is 14.4. The number of rotatable bonds is 7. The van der Waals surface area contributed by atoms with E-state index in [0.29, 0.717) is 51.1 Å². The molecule has 34 heavy (non-hydrogen) atoms. The zero-order valence-corrected chi connectivity index (χ0v) is 19.0. The van der Waals surface area contributed by atoms with Gasteiger partial charge in [-0.1, -0.05) is 34.8 Å². The van der Waals surface area contributed by atoms with E-state index >= 15 is 0 Å². The number of fused-ring (bicyclic) bond motifs is 1. The van der Waals surface area contributed by atoms with Crippen LogP contribution >= 0.6 is 11.6 Å². The number of aliphatic hydroxyl groups is 1. The van der Waals surface area contributed by atoms with E-state index in [9.17, 15) is 9.90 Å². The SMILES string of the molecule is O=C(c1ccc(Oc2ccccc2)cc1Cl)c1c[nH]c2nc[nH+]c(N[C@@H]3CC[C@@H](CO)OC3)c12. The molecular formula is C25H24ClN4O4+. The third-order valence-corrected chi connectivity index (χ3v) is 6.16. The zero-order chi connectivity index (χ0) is 23.5. The second kappa shape index (κ2) is 9.80. The minimum Gasteiger partial charge on any atom is -0.457 e. The van der Waals surface area contributed by atoms with Gasteiger partial charge in [0.25, 0.3) is 0 Å². The van der Waals surface area contributed by atoms with E-state index in [2.05, 4.69) is 20.3 Å². The molecule has 0 unspecified atom stereocenters. The van der Waals surface area contributed by atoms with Gasteiger partial charge in [-0.25, -0.2) is 4.98 Å². The number of nitrogens with one attached hydrogen (secondary N) is 3. The smallest absolute Gasteiger partial charge is 0.232 e. The lowest BCUT2D eigenvalue weighted by atomic mass is 10.0. The van der Waals surface area contributed by atoms with Crippen LogP contribution in [0, 0.1) is 0 Å². The Morgan fingerprint density at radius 1 is 1.21 bits per heavy atom. The number of aromatic nitrogens is 3. The zero-order valence-electron chi connectivity index (χ0n) is 18.3. The summed E-state index contributed by atoms with van der Waals surface area (Å²) < 4.78 is 11.5. The highest BCUT2D eigenvalue weighted by atomic mass is 35.5. The summed E-state index contributed by atoms with van der Waals surface area (Å²) in [4.78, 5) is 24.0. The van der Waals surface area contributed by atoms with Crippen LogP contribution in [0.1, 0.15) is 28.8 Å². The lowest BCUT2D eigenvalue weighted by Gasteiger charge is -2.26. The Morgan fingerprint density at radius 3 is 2.79 bits per heavy atom. The summed E-state index contributed by atoms with van der Waals surface area (Å²) in [6.07, 6.45) is 4.68. The normalized spacial score (nSPS) is 18.1. The molecular weight excluding hydrogens is 456 g/mol. The molecule has 1 fully saturated rings. The molecule has 0 aliphatic carbocycles. The van der Waals surface area contributed by atoms with Crippen LogP contribution in [0.2, 0.25) is 5.02 Å². The highest BCUT2D eigenvalue weighted by molar-refractivity contribution is 6.35. The first kappa shape index (κ1) is 22.3. The fourth-order valence-electron chi connectivity index (χ4n) is 4.07. The molecule has 8 nitrogen and oxygen atoms in total. The standard InChI is InChI=1S/C25H23ClN4O4/c26-21-10-17(34-16-4-2-1-3-5-16)8-9-19(21)23(32)20-11-27-24-22(20)25(29-14-28-24)30-15-6-7-18(12-31)33-13-15/h1-5,8-11,14-15,18,31H,6-7,12-13H2,(H2,27,28,29,30)/p+1/t15-,18+/m1/s1. The first-order valence-electron chi connectivity index (χ1n) is 11.1. The van der Waals surface area contributed by atoms with Gasteiger partial charge in [0.05, 0.1) is 35.9 Å². The predicted octanol–water partition coefficient (Wildman–Crippen LogP) is 4.01. The van der Waals surface area contributed by atoms with Gasteiger partial charge in [-0.3, -0.25) is 4.79 Å². The van der Waals surface area contributed by atoms with Gasteiger partial charge in [0, 0.05) is 17.8 Å². The van der Waals surface area contributed by atoms with Crippen molar-refractivity contribution in [2.45, 2.75) is 25.0 Å². The largest absolute Gasteiger partial charge is 0.457 e. The quantitative estimate of drug-likeness (QED) is 0.345. The molecule has 0 spiro atoms. The molecule has 0 bridgehead atoms. The fourth-order valence-corrected chi connectivity index (χ4v) is 4.33. The van der Waals surface area contributed by atoms with Crippen molar-refractivity contribution in [3.05, 3.63) is 77.2 Å². The predicted molar refractivity (Wildman–Crippen MR) is 128 cm³/mol. The van der Waals surface area contributed by atoms with Crippen molar-refractivity contribution in [1.82, 2.24) is 9.97 Å². The molecule has 3 heterocycles. The van der Waals surface area contributed by atoms with Gasteiger partial charge in [0.1, 0.15) is 16.9 Å². The van der Waals surface area contributed by atoms with Gasteiger partial charge in [-0.15, -0.1) is 0 Å². The molecule has 1 aliphatic rings. The van der Waals surface area contributed by atoms with Crippen LogP contribution in [0.4, 0.5) is 5.82 Å². The Morgan fingerprint density at radius 2 is 2.06 bits per heavy atom. The Kier molecular flexibility index (Phi) is 6.44. The molecule has 1 aliphatic heterocycles. The van der Waals surface area contributed by atoms with Crippen LogP contribution in [0.5, 0.6) is 11.5 Å². The average molecular weight is 480 g/mol. The average Bonchev–Trinajstić information content (AvgIpc) is 3.30. The van der Waals surface area contributed by atoms with Crippen LogP contribution in [0.3, 0.4) is 0 Å². The van der Waals surface area contributed by atoms with Crippen molar-refractivity contribution in [2.75, 3.05) is 18.5 Å². The van der Waals surface area contributed by atoms with Crippen molar-refractivity contribution in [3.8, 4) is 11.5 Å². The lowest BCUT2D eigenvalue weighted by Crippen LogP contribution is -2.37. The molecule has 0 saturated carbocycles. The number of anilines is 1. The van der Waals surface area contributed by atoms with Crippen molar-refractivity contribution in [3.63, 3.8) is 0 Å². The van der Waals surface area contributed by atoms with E-state index in [4.69, 9.17) is 21.1 Å². The summed E-state index contributed by atoms with van der Waals surface area (Å²) in [6.45, 7) is 0.482. The Hall–Kier alpha value is -3.46. The van der Waals surface area contributed by atoms with Crippen molar-refractivity contribution >= 4 is 34.2 Å². The van der Waals surface area contributed by atoms with E-state index in [-0.39, 0.29) is 24.5 Å². The maximum atomic E-state index is 13.5. The van der Waals surface area contributed by atoms with Gasteiger partial charge in [-0.2, -0.15) is 0 Å². The van der Waals surface area contributed by atoms with Gasteiger partial charge in [0.15, 0.2) is 5.78 Å². The molecule has 9 heteroatoms. The number of H-pyrrole nitrogens is 2. The number of hydrogen-bond donors (Lipinski definition) is 3. The summed E-state index contributed by atoms with van der Waals surface area (Å²) in [5.41, 5.74) is 1.39. The number of ether oxygens (including phenoxy) is 2. The Labute approximate surface area is 200 Å². The molecule has 174 valence electrons. The van der Waals surface area contributed by atoms with Crippen molar-refractivity contribution in [2.24, 2.45) is 0 Å². The number of halogens is 1. The minimum absolute atomic E-state index is 0.0186. The number of carbonyl (C=O) groups is 1. The number of carbonyl (C=O) groups excluding carboxylic acids is 1. The number of nitrogens with zero attached hydrogens (tertiary/aromatic N) is 1. The number of hydrogen-bond acceptors (Lipinski definition) is 6. The number of aliphatic hydroxyl groups excluding tert-OH is 1. The third kappa shape index (κ3) is 4.61. The molecule has 2 atom stereocenters. The third-order valence-electron chi connectivity index (χ3n) is 5.84. The number of aromatic amines is 2. The molecule has 0 radical (unpaired) electrons. The van der Waals surface area contributed by atoms with E-state index in [1.54, 1.807) is 30.7 Å². The number of para-hydroxylation sites is 1. The molecule has 2 aromatic carbocycles. The van der Waals surface area contributed by atoms with Crippen LogP contribution in [0.25, 0.3) is 11.0 Å². The molecule has 2 aromatic heterocycles. The summed E-state index contributed by atoms with van der Waals surface area (Å²) >= 11 is 6.49. The summed E-state index contributed by atoms with van der Waals surface area (Å²) in [7, 11) is 0. The van der Waals surface area contributed by atoms with E-state index in [1.807, 2.05) is 30.3 Å². The van der Waals surface area contributed by atoms with Crippen LogP contribution < -0.4 is 15.0 Å². The number of ketones is 1. The minimum atomic E-state index is -0.229. The molecule has 5 rings (SSSR count). The Balaban J connectivity index is 1.40. The van der Waals surface area contributed by atoms with Crippen LogP contribution in [-0.4, -0.2) is 46.2 Å². The highest BCUT2D eigenvalue weighted by Gasteiger charge is 2.27. The maximum absolute atomic E-state index is 13.5. The second-order valence-electron chi connectivity index (χ2n) is 8.15. The first-order valence-corrected chi connectivity index (χ1v) is 11.4. The van der Waals surface area contributed by atoms with E-state index in [1.165, 1.54) is 0 Å². The van der Waals surface area contributed by atoms with Gasteiger partial charge < -0.3 is 24.9 Å². The fraction of sp³-hybridized carbons (Fsp3) is 0.240. The van der Waals surface area contributed by atoms with E-state index < -0.39 is 0 Å². The summed E-state index contributed by atoms with van der Waals surface area (Å²) in [5.74, 6) is 1.67. The maximum Gasteiger partial charge on any atom is 0.232 e. The number of benzene rings is 2. The lowest BCUT2D eigenvalue weighted by molar-refractivity contribution is -0.364. The second-order valence-corrected chi connectivity index (χ2v) is 8.55. The molecule has 1 saturated heterocycles. The topological polar surface area (TPSA) is 111 Å². The highest BCUT2D eigenvalue weighted by Crippen LogP contribution is 2.31. The van der Waals surface area contributed by atoms with E-state index in [0.717, 1.165) is 12.8 Å². The van der Waals surface area contributed by atoms with Crippen LogP contribution in [0.15, 0.2) is 61.1 Å². The molecule has 0 amide bonds. The molecule has 4 N–H and O–H groups in total. The van der Waals surface area contributed by atoms with Gasteiger partial charge in [-0.05, 0) is 37.1 Å². The van der Waals surface area contributed by atoms with Crippen molar-refractivity contribution in [1.29, 1.82) is 0 Å². The van der Waals surface area contributed by atoms with Crippen molar-refractivity contribution < 1.29 is 24.4 Å². The van der Waals surface area contributed by atoms with Gasteiger partial charge >= 0.3 is 0 Å². The Bertz CT molecular complexity index is 1300. The monoisotopic (exact) mass is 479 g/mol. The van der Waals surface area contributed by atoms with Crippen LogP contribution in [-0.2, 0) is 4.74 Å². The van der Waals surface area contributed by atoms with Gasteiger partial charge in [0.2, 0.25) is 17.8 Å². The summed E-state index contributed by atoms with van der Waals surface area (Å²) in [5, 5.41) is 13.7. The first-order chi connectivity index (χ1) is 16.6. The molecule has 4 aromatic rings.